The molecule has 1 unspecified atom stereocenters. The van der Waals surface area contributed by atoms with Crippen LogP contribution in [0.3, 0.4) is 0 Å². The second-order valence-electron chi connectivity index (χ2n) is 4.48. The zero-order valence-electron chi connectivity index (χ0n) is 11.0. The average molecular weight is 280 g/mol. The van der Waals surface area contributed by atoms with Crippen molar-refractivity contribution in [3.8, 4) is 0 Å². The van der Waals surface area contributed by atoms with E-state index in [0.717, 1.165) is 11.1 Å². The van der Waals surface area contributed by atoms with Crippen LogP contribution >= 0.6 is 0 Å². The fraction of sp³-hybridized carbons (Fsp3) is 0.333. The fourth-order valence-corrected chi connectivity index (χ4v) is 3.31. The van der Waals surface area contributed by atoms with Crippen LogP contribution in [0.2, 0.25) is 0 Å². The van der Waals surface area contributed by atoms with E-state index in [0.29, 0.717) is 5.82 Å². The molecule has 2 aromatic rings. The van der Waals surface area contributed by atoms with E-state index in [2.05, 4.69) is 19.9 Å². The van der Waals surface area contributed by atoms with Gasteiger partial charge < -0.3 is 0 Å². The molecule has 0 radical (unpaired) electrons. The van der Waals surface area contributed by atoms with Gasteiger partial charge >= 0.3 is 0 Å². The molecule has 2 rings (SSSR count). The van der Waals surface area contributed by atoms with Crippen LogP contribution in [0.1, 0.15) is 29.9 Å². The largest absolute Gasteiger partial charge is 0.262 e. The molecule has 1 aromatic carbocycles. The van der Waals surface area contributed by atoms with E-state index in [-0.39, 0.29) is 4.90 Å². The Morgan fingerprint density at radius 1 is 1.32 bits per heavy atom. The topological polar surface area (TPSA) is 87.7 Å². The minimum atomic E-state index is -3.57. The maximum absolute atomic E-state index is 12.3. The van der Waals surface area contributed by atoms with Gasteiger partial charge in [-0.05, 0) is 32.4 Å². The van der Waals surface area contributed by atoms with Gasteiger partial charge in [-0.15, -0.1) is 0 Å². The molecule has 0 aliphatic carbocycles. The van der Waals surface area contributed by atoms with Gasteiger partial charge in [0.15, 0.2) is 0 Å². The number of H-pyrrole nitrogens is 1. The standard InChI is InChI=1S/C12H16N4O2S/c1-8-4-5-11(9(2)6-8)19(17,18)16-10(3)12-13-7-14-15-12/h4-7,10,16H,1-3H3,(H,13,14,15). The monoisotopic (exact) mass is 280 g/mol. The third-order valence-electron chi connectivity index (χ3n) is 2.80. The third-order valence-corrected chi connectivity index (χ3v) is 4.50. The molecule has 0 aliphatic heterocycles. The van der Waals surface area contributed by atoms with Gasteiger partial charge in [0.05, 0.1) is 10.9 Å². The highest BCUT2D eigenvalue weighted by molar-refractivity contribution is 7.89. The molecule has 1 aromatic heterocycles. The molecular weight excluding hydrogens is 264 g/mol. The lowest BCUT2D eigenvalue weighted by molar-refractivity contribution is 0.559. The van der Waals surface area contributed by atoms with Crippen molar-refractivity contribution in [1.29, 1.82) is 0 Å². The van der Waals surface area contributed by atoms with E-state index in [1.807, 2.05) is 13.0 Å². The predicted octanol–water partition coefficient (Wildman–Crippen LogP) is 1.46. The van der Waals surface area contributed by atoms with Crippen LogP contribution < -0.4 is 4.72 Å². The summed E-state index contributed by atoms with van der Waals surface area (Å²) < 4.78 is 27.2. The van der Waals surface area contributed by atoms with Gasteiger partial charge in [0.1, 0.15) is 12.2 Å². The number of hydrogen-bond donors (Lipinski definition) is 2. The molecule has 0 aliphatic rings. The molecule has 7 heteroatoms. The van der Waals surface area contributed by atoms with Gasteiger partial charge in [-0.3, -0.25) is 5.10 Å². The molecule has 102 valence electrons. The Labute approximate surface area is 112 Å². The van der Waals surface area contributed by atoms with Crippen molar-refractivity contribution in [1.82, 2.24) is 19.9 Å². The van der Waals surface area contributed by atoms with Crippen LogP contribution in [0, 0.1) is 13.8 Å². The van der Waals surface area contributed by atoms with E-state index in [1.165, 1.54) is 6.33 Å². The zero-order chi connectivity index (χ0) is 14.0. The molecule has 1 heterocycles. The smallest absolute Gasteiger partial charge is 0.241 e. The van der Waals surface area contributed by atoms with E-state index >= 15 is 0 Å². The van der Waals surface area contributed by atoms with Gasteiger partial charge in [-0.2, -0.15) is 5.10 Å². The average Bonchev–Trinajstić information content (AvgIpc) is 2.80. The number of sulfonamides is 1. The van der Waals surface area contributed by atoms with E-state index in [4.69, 9.17) is 0 Å². The molecule has 2 N–H and O–H groups in total. The predicted molar refractivity (Wildman–Crippen MR) is 71.0 cm³/mol. The molecule has 6 nitrogen and oxygen atoms in total. The Morgan fingerprint density at radius 2 is 2.05 bits per heavy atom. The van der Waals surface area contributed by atoms with Crippen LogP contribution in [0.5, 0.6) is 0 Å². The minimum Gasteiger partial charge on any atom is -0.262 e. The maximum atomic E-state index is 12.3. The first-order chi connectivity index (χ1) is 8.90. The summed E-state index contributed by atoms with van der Waals surface area (Å²) in [4.78, 5) is 4.22. The van der Waals surface area contributed by atoms with Gasteiger partial charge in [0, 0.05) is 0 Å². The van der Waals surface area contributed by atoms with Crippen molar-refractivity contribution in [2.75, 3.05) is 0 Å². The normalized spacial score (nSPS) is 13.4. The Morgan fingerprint density at radius 3 is 2.63 bits per heavy atom. The minimum absolute atomic E-state index is 0.282. The van der Waals surface area contributed by atoms with Crippen molar-refractivity contribution in [3.05, 3.63) is 41.5 Å². The van der Waals surface area contributed by atoms with Crippen molar-refractivity contribution >= 4 is 10.0 Å². The molecule has 0 bridgehead atoms. The number of aromatic amines is 1. The number of aromatic nitrogens is 3. The number of rotatable bonds is 4. The molecule has 0 spiro atoms. The number of aryl methyl sites for hydroxylation is 2. The van der Waals surface area contributed by atoms with Gasteiger partial charge in [-0.1, -0.05) is 17.7 Å². The van der Waals surface area contributed by atoms with Crippen molar-refractivity contribution in [3.63, 3.8) is 0 Å². The van der Waals surface area contributed by atoms with Crippen LogP contribution in [0.4, 0.5) is 0 Å². The maximum Gasteiger partial charge on any atom is 0.241 e. The van der Waals surface area contributed by atoms with Crippen molar-refractivity contribution in [2.45, 2.75) is 31.7 Å². The van der Waals surface area contributed by atoms with Crippen LogP contribution in [-0.2, 0) is 10.0 Å². The molecule has 0 fully saturated rings. The lowest BCUT2D eigenvalue weighted by atomic mass is 10.2. The molecule has 1 atom stereocenters. The Bertz CT molecular complexity index is 665. The zero-order valence-corrected chi connectivity index (χ0v) is 11.8. The summed E-state index contributed by atoms with van der Waals surface area (Å²) in [5.41, 5.74) is 1.75. The van der Waals surface area contributed by atoms with Gasteiger partial charge in [-0.25, -0.2) is 18.1 Å². The highest BCUT2D eigenvalue weighted by Crippen LogP contribution is 2.18. The summed E-state index contributed by atoms with van der Waals surface area (Å²) >= 11 is 0. The van der Waals surface area contributed by atoms with E-state index < -0.39 is 16.1 Å². The van der Waals surface area contributed by atoms with Crippen LogP contribution in [-0.4, -0.2) is 23.6 Å². The van der Waals surface area contributed by atoms with Crippen molar-refractivity contribution in [2.24, 2.45) is 0 Å². The van der Waals surface area contributed by atoms with Gasteiger partial charge in [0.25, 0.3) is 0 Å². The lowest BCUT2D eigenvalue weighted by Crippen LogP contribution is -2.28. The molecule has 19 heavy (non-hydrogen) atoms. The molecular formula is C12H16N4O2S. The first kappa shape index (κ1) is 13.7. The molecule has 0 saturated heterocycles. The summed E-state index contributed by atoms with van der Waals surface area (Å²) in [6.07, 6.45) is 1.34. The third kappa shape index (κ3) is 2.99. The highest BCUT2D eigenvalue weighted by atomic mass is 32.2. The quantitative estimate of drug-likeness (QED) is 0.887. The first-order valence-electron chi connectivity index (χ1n) is 5.85. The summed E-state index contributed by atoms with van der Waals surface area (Å²) in [5, 5.41) is 6.35. The first-order valence-corrected chi connectivity index (χ1v) is 7.33. The lowest BCUT2D eigenvalue weighted by Gasteiger charge is -2.13. The Balaban J connectivity index is 2.28. The SMILES string of the molecule is Cc1ccc(S(=O)(=O)NC(C)c2ncn[nH]2)c(C)c1. The molecule has 0 amide bonds. The Kier molecular flexibility index (Phi) is 3.68. The summed E-state index contributed by atoms with van der Waals surface area (Å²) in [5.74, 6) is 0.480. The summed E-state index contributed by atoms with van der Waals surface area (Å²) in [7, 11) is -3.57. The van der Waals surface area contributed by atoms with E-state index in [9.17, 15) is 8.42 Å². The number of nitrogens with zero attached hydrogens (tertiary/aromatic N) is 2. The summed E-state index contributed by atoms with van der Waals surface area (Å²) in [6.45, 7) is 5.41. The number of benzene rings is 1. The second-order valence-corrected chi connectivity index (χ2v) is 6.17. The van der Waals surface area contributed by atoms with Crippen molar-refractivity contribution < 1.29 is 8.42 Å². The molecule has 0 saturated carbocycles. The van der Waals surface area contributed by atoms with Crippen LogP contribution in [0.15, 0.2) is 29.4 Å². The fourth-order valence-electron chi connectivity index (χ4n) is 1.88. The second kappa shape index (κ2) is 5.10. The van der Waals surface area contributed by atoms with Gasteiger partial charge in [0.2, 0.25) is 10.0 Å². The highest BCUT2D eigenvalue weighted by Gasteiger charge is 2.21. The number of nitrogens with one attached hydrogen (secondary N) is 2. The van der Waals surface area contributed by atoms with E-state index in [1.54, 1.807) is 26.0 Å². The number of hydrogen-bond acceptors (Lipinski definition) is 4. The van der Waals surface area contributed by atoms with Crippen LogP contribution in [0.25, 0.3) is 0 Å². The Hall–Kier alpha value is -1.73. The summed E-state index contributed by atoms with van der Waals surface area (Å²) in [6, 6.07) is 4.77.